The lowest BCUT2D eigenvalue weighted by Gasteiger charge is -2.08. The van der Waals surface area contributed by atoms with Gasteiger partial charge in [0, 0.05) is 6.42 Å². The van der Waals surface area contributed by atoms with Crippen LogP contribution >= 0.6 is 0 Å². The van der Waals surface area contributed by atoms with Crippen LogP contribution < -0.4 is 0 Å². The molecule has 0 amide bonds. The van der Waals surface area contributed by atoms with Crippen LogP contribution in [0.25, 0.3) is 0 Å². The Morgan fingerprint density at radius 3 is 2.04 bits per heavy atom. The Hall–Kier alpha value is -1.40. The minimum Gasteiger partial charge on any atom is -0.481 e. The van der Waals surface area contributed by atoms with Crippen molar-refractivity contribution in [2.24, 2.45) is 0 Å². The molecule has 0 aliphatic rings. The Labute approximate surface area is 144 Å². The van der Waals surface area contributed by atoms with Gasteiger partial charge in [-0.3, -0.25) is 9.35 Å². The molecule has 0 saturated heterocycles. The van der Waals surface area contributed by atoms with Gasteiger partial charge in [0.2, 0.25) is 0 Å². The predicted molar refractivity (Wildman–Crippen MR) is 93.9 cm³/mol. The van der Waals surface area contributed by atoms with Crippen molar-refractivity contribution in [3.63, 3.8) is 0 Å². The van der Waals surface area contributed by atoms with Gasteiger partial charge in [0.05, 0.1) is 4.90 Å². The van der Waals surface area contributed by atoms with E-state index in [9.17, 15) is 17.8 Å². The van der Waals surface area contributed by atoms with Gasteiger partial charge in [-0.2, -0.15) is 8.42 Å². The number of benzene rings is 1. The van der Waals surface area contributed by atoms with Crippen LogP contribution in [-0.2, 0) is 21.3 Å². The summed E-state index contributed by atoms with van der Waals surface area (Å²) in [6.07, 6.45) is 8.92. The first kappa shape index (κ1) is 20.6. The van der Waals surface area contributed by atoms with Crippen molar-refractivity contribution in [3.8, 4) is 0 Å². The van der Waals surface area contributed by atoms with Crippen LogP contribution in [0.2, 0.25) is 0 Å². The molecule has 6 heteroatoms. The monoisotopic (exact) mass is 356 g/mol. The zero-order valence-corrected chi connectivity index (χ0v) is 15.1. The number of hydrogen-bond acceptors (Lipinski definition) is 3. The third-order valence-corrected chi connectivity index (χ3v) is 5.03. The highest BCUT2D eigenvalue weighted by Crippen LogP contribution is 2.20. The largest absolute Gasteiger partial charge is 0.481 e. The molecule has 0 spiro atoms. The Kier molecular flexibility index (Phi) is 9.00. The highest BCUT2D eigenvalue weighted by atomic mass is 32.2. The highest BCUT2D eigenvalue weighted by molar-refractivity contribution is 7.85. The average molecular weight is 356 g/mol. The van der Waals surface area contributed by atoms with Crippen LogP contribution in [0.3, 0.4) is 0 Å². The summed E-state index contributed by atoms with van der Waals surface area (Å²) >= 11 is 0. The number of carboxylic acids is 1. The van der Waals surface area contributed by atoms with Gasteiger partial charge in [-0.15, -0.1) is 0 Å². The average Bonchev–Trinajstić information content (AvgIpc) is 2.47. The van der Waals surface area contributed by atoms with Gasteiger partial charge in [0.1, 0.15) is 0 Å². The van der Waals surface area contributed by atoms with Crippen molar-refractivity contribution in [1.29, 1.82) is 0 Å². The Morgan fingerprint density at radius 2 is 1.50 bits per heavy atom. The van der Waals surface area contributed by atoms with Crippen LogP contribution in [0.15, 0.2) is 23.1 Å². The molecule has 0 bridgehead atoms. The second-order valence-electron chi connectivity index (χ2n) is 6.31. The van der Waals surface area contributed by atoms with Crippen LogP contribution in [-0.4, -0.2) is 24.0 Å². The molecular formula is C18H28O5S. The molecule has 0 aromatic heterocycles. The molecular weight excluding hydrogens is 328 g/mol. The molecule has 1 aromatic carbocycles. The fraction of sp³-hybridized carbons (Fsp3) is 0.611. The SMILES string of the molecule is Cc1ccc(S(=O)(=O)O)c(CCCCCCCCCCC(=O)O)c1. The van der Waals surface area contributed by atoms with E-state index in [2.05, 4.69) is 0 Å². The van der Waals surface area contributed by atoms with E-state index in [0.717, 1.165) is 56.9 Å². The minimum atomic E-state index is -4.16. The van der Waals surface area contributed by atoms with Crippen molar-refractivity contribution in [2.45, 2.75) is 76.0 Å². The summed E-state index contributed by atoms with van der Waals surface area (Å²) in [6.45, 7) is 1.90. The zero-order valence-electron chi connectivity index (χ0n) is 14.3. The van der Waals surface area contributed by atoms with E-state index < -0.39 is 16.1 Å². The lowest BCUT2D eigenvalue weighted by molar-refractivity contribution is -0.137. The summed E-state index contributed by atoms with van der Waals surface area (Å²) in [5.74, 6) is -0.726. The zero-order chi connectivity index (χ0) is 18.0. The van der Waals surface area contributed by atoms with Crippen molar-refractivity contribution < 1.29 is 22.9 Å². The molecule has 0 unspecified atom stereocenters. The second kappa shape index (κ2) is 10.5. The lowest BCUT2D eigenvalue weighted by atomic mass is 10.0. The van der Waals surface area contributed by atoms with E-state index >= 15 is 0 Å². The molecule has 0 aliphatic heterocycles. The first-order valence-electron chi connectivity index (χ1n) is 8.59. The van der Waals surface area contributed by atoms with Gasteiger partial charge < -0.3 is 5.11 Å². The molecule has 0 saturated carbocycles. The van der Waals surface area contributed by atoms with Gasteiger partial charge in [-0.25, -0.2) is 0 Å². The third kappa shape index (κ3) is 8.45. The molecule has 0 radical (unpaired) electrons. The molecule has 5 nitrogen and oxygen atoms in total. The standard InChI is InChI=1S/C18H28O5S/c1-15-12-13-17(24(21,22)23)16(14-15)10-8-6-4-2-3-5-7-9-11-18(19)20/h12-14H,2-11H2,1H3,(H,19,20)(H,21,22,23). The predicted octanol–water partition coefficient (Wildman–Crippen LogP) is 4.38. The number of carbonyl (C=O) groups is 1. The van der Waals surface area contributed by atoms with Gasteiger partial charge in [-0.1, -0.05) is 56.2 Å². The molecule has 2 N–H and O–H groups in total. The van der Waals surface area contributed by atoms with Crippen LogP contribution in [0.5, 0.6) is 0 Å². The van der Waals surface area contributed by atoms with E-state index in [-0.39, 0.29) is 11.3 Å². The highest BCUT2D eigenvalue weighted by Gasteiger charge is 2.14. The second-order valence-corrected chi connectivity index (χ2v) is 7.70. The lowest BCUT2D eigenvalue weighted by Crippen LogP contribution is -2.03. The van der Waals surface area contributed by atoms with E-state index in [1.807, 2.05) is 13.0 Å². The third-order valence-electron chi connectivity index (χ3n) is 4.08. The van der Waals surface area contributed by atoms with Crippen LogP contribution in [0.4, 0.5) is 0 Å². The van der Waals surface area contributed by atoms with Crippen LogP contribution in [0, 0.1) is 6.92 Å². The van der Waals surface area contributed by atoms with Gasteiger partial charge in [0.15, 0.2) is 0 Å². The number of hydrogen-bond donors (Lipinski definition) is 2. The molecule has 1 rings (SSSR count). The molecule has 0 fully saturated rings. The molecule has 24 heavy (non-hydrogen) atoms. The summed E-state index contributed by atoms with van der Waals surface area (Å²) in [7, 11) is -4.16. The number of aryl methyl sites for hydroxylation is 2. The van der Waals surface area contributed by atoms with Gasteiger partial charge >= 0.3 is 5.97 Å². The maximum Gasteiger partial charge on any atom is 0.303 e. The molecule has 0 atom stereocenters. The van der Waals surface area contributed by atoms with Crippen LogP contribution in [0.1, 0.15) is 68.9 Å². The van der Waals surface area contributed by atoms with E-state index in [1.54, 1.807) is 6.07 Å². The van der Waals surface area contributed by atoms with Gasteiger partial charge in [0.25, 0.3) is 10.1 Å². The first-order valence-corrected chi connectivity index (χ1v) is 10.0. The maximum atomic E-state index is 11.4. The minimum absolute atomic E-state index is 0.0199. The van der Waals surface area contributed by atoms with Crippen molar-refractivity contribution in [1.82, 2.24) is 0 Å². The summed E-state index contributed by atoms with van der Waals surface area (Å²) in [5, 5.41) is 8.54. The van der Waals surface area contributed by atoms with Crippen molar-refractivity contribution >= 4 is 16.1 Å². The summed E-state index contributed by atoms with van der Waals surface area (Å²) < 4.78 is 32.0. The van der Waals surface area contributed by atoms with E-state index in [1.165, 1.54) is 6.07 Å². The molecule has 136 valence electrons. The Bertz CT molecular complexity index is 622. The van der Waals surface area contributed by atoms with E-state index in [4.69, 9.17) is 5.11 Å². The fourth-order valence-corrected chi connectivity index (χ4v) is 3.54. The number of carboxylic acid groups (broad SMARTS) is 1. The Balaban J connectivity index is 2.22. The summed E-state index contributed by atoms with van der Waals surface area (Å²) in [6, 6.07) is 4.99. The summed E-state index contributed by atoms with van der Waals surface area (Å²) in [5.41, 5.74) is 1.67. The quantitative estimate of drug-likeness (QED) is 0.428. The summed E-state index contributed by atoms with van der Waals surface area (Å²) in [4.78, 5) is 10.4. The Morgan fingerprint density at radius 1 is 0.958 bits per heavy atom. The maximum absolute atomic E-state index is 11.4. The fourth-order valence-electron chi connectivity index (χ4n) is 2.81. The smallest absolute Gasteiger partial charge is 0.303 e. The number of aliphatic carboxylic acids is 1. The molecule has 0 heterocycles. The van der Waals surface area contributed by atoms with E-state index in [0.29, 0.717) is 12.0 Å². The number of unbranched alkanes of at least 4 members (excludes halogenated alkanes) is 7. The molecule has 0 aliphatic carbocycles. The van der Waals surface area contributed by atoms with Crippen molar-refractivity contribution in [3.05, 3.63) is 29.3 Å². The van der Waals surface area contributed by atoms with Crippen molar-refractivity contribution in [2.75, 3.05) is 0 Å². The van der Waals surface area contributed by atoms with Gasteiger partial charge in [-0.05, 0) is 37.8 Å². The topological polar surface area (TPSA) is 91.7 Å². The molecule has 1 aromatic rings. The normalized spacial score (nSPS) is 11.6. The first-order chi connectivity index (χ1) is 11.3. The number of rotatable bonds is 12.